The van der Waals surface area contributed by atoms with Crippen molar-refractivity contribution in [3.8, 4) is 0 Å². The van der Waals surface area contributed by atoms with E-state index < -0.39 is 23.6 Å². The summed E-state index contributed by atoms with van der Waals surface area (Å²) in [5.41, 5.74) is 0.734. The summed E-state index contributed by atoms with van der Waals surface area (Å²) in [7, 11) is 1.49. The van der Waals surface area contributed by atoms with Crippen LogP contribution in [0.3, 0.4) is 0 Å². The molecule has 27 heavy (non-hydrogen) atoms. The van der Waals surface area contributed by atoms with Crippen molar-refractivity contribution in [3.63, 3.8) is 0 Å². The summed E-state index contributed by atoms with van der Waals surface area (Å²) in [6.45, 7) is 0.178. The van der Waals surface area contributed by atoms with Gasteiger partial charge >= 0.3 is 12.1 Å². The molecular formula is C20H22F3NO3. The zero-order valence-corrected chi connectivity index (χ0v) is 15.0. The molecule has 1 fully saturated rings. The fourth-order valence-corrected chi connectivity index (χ4v) is 4.12. The highest BCUT2D eigenvalue weighted by molar-refractivity contribution is 5.83. The first-order valence-electron chi connectivity index (χ1n) is 8.99. The summed E-state index contributed by atoms with van der Waals surface area (Å²) in [5.74, 6) is -1.27. The number of carboxylic acid groups (broad SMARTS) is 1. The SMILES string of the molecule is COCC(C(=O)O)[C@H]1CC[C@@H](c2ccnc3ccc(C(F)(F)F)cc32)CC1. The van der Waals surface area contributed by atoms with E-state index in [9.17, 15) is 23.1 Å². The van der Waals surface area contributed by atoms with Crippen LogP contribution in [0.25, 0.3) is 10.9 Å². The number of hydrogen-bond acceptors (Lipinski definition) is 3. The molecule has 1 aromatic carbocycles. The number of rotatable bonds is 5. The maximum absolute atomic E-state index is 13.1. The topological polar surface area (TPSA) is 59.4 Å². The number of carboxylic acids is 1. The highest BCUT2D eigenvalue weighted by Crippen LogP contribution is 2.41. The number of fused-ring (bicyclic) bond motifs is 1. The molecule has 0 saturated heterocycles. The predicted octanol–water partition coefficient (Wildman–Crippen LogP) is 4.87. The minimum atomic E-state index is -4.40. The number of halogens is 3. The van der Waals surface area contributed by atoms with E-state index in [4.69, 9.17) is 4.74 Å². The second kappa shape index (κ2) is 7.84. The van der Waals surface area contributed by atoms with Crippen molar-refractivity contribution in [3.05, 3.63) is 41.6 Å². The maximum Gasteiger partial charge on any atom is 0.416 e. The van der Waals surface area contributed by atoms with E-state index in [0.717, 1.165) is 24.5 Å². The zero-order chi connectivity index (χ0) is 19.6. The fraction of sp³-hybridized carbons (Fsp3) is 0.500. The van der Waals surface area contributed by atoms with Crippen molar-refractivity contribution in [2.24, 2.45) is 11.8 Å². The molecule has 1 aliphatic rings. The van der Waals surface area contributed by atoms with E-state index in [1.807, 2.05) is 0 Å². The lowest BCUT2D eigenvalue weighted by molar-refractivity contribution is -0.146. The predicted molar refractivity (Wildman–Crippen MR) is 94.4 cm³/mol. The highest BCUT2D eigenvalue weighted by atomic mass is 19.4. The molecule has 0 aliphatic heterocycles. The third-order valence-corrected chi connectivity index (χ3v) is 5.55. The summed E-state index contributed by atoms with van der Waals surface area (Å²) in [6, 6.07) is 5.43. The van der Waals surface area contributed by atoms with Gasteiger partial charge in [-0.05, 0) is 67.3 Å². The fourth-order valence-electron chi connectivity index (χ4n) is 4.12. The average Bonchev–Trinajstić information content (AvgIpc) is 2.64. The van der Waals surface area contributed by atoms with Gasteiger partial charge in [-0.15, -0.1) is 0 Å². The van der Waals surface area contributed by atoms with Gasteiger partial charge in [-0.3, -0.25) is 9.78 Å². The van der Waals surface area contributed by atoms with Crippen molar-refractivity contribution in [2.75, 3.05) is 13.7 Å². The van der Waals surface area contributed by atoms with Crippen LogP contribution < -0.4 is 0 Å². The van der Waals surface area contributed by atoms with Crippen LogP contribution in [0.5, 0.6) is 0 Å². The Morgan fingerprint density at radius 2 is 1.96 bits per heavy atom. The highest BCUT2D eigenvalue weighted by Gasteiger charge is 2.34. The van der Waals surface area contributed by atoms with Crippen molar-refractivity contribution < 1.29 is 27.8 Å². The molecule has 0 bridgehead atoms. The van der Waals surface area contributed by atoms with E-state index in [0.29, 0.717) is 23.7 Å². The quantitative estimate of drug-likeness (QED) is 0.802. The first kappa shape index (κ1) is 19.6. The van der Waals surface area contributed by atoms with Crippen LogP contribution in [0, 0.1) is 11.8 Å². The molecule has 4 nitrogen and oxygen atoms in total. The number of methoxy groups -OCH3 is 1. The van der Waals surface area contributed by atoms with Gasteiger partial charge in [0.1, 0.15) is 0 Å². The van der Waals surface area contributed by atoms with Gasteiger partial charge < -0.3 is 9.84 Å². The molecule has 1 aliphatic carbocycles. The van der Waals surface area contributed by atoms with Crippen LogP contribution in [0.2, 0.25) is 0 Å². The van der Waals surface area contributed by atoms with E-state index in [2.05, 4.69) is 4.98 Å². The first-order chi connectivity index (χ1) is 12.8. The number of aromatic nitrogens is 1. The molecular weight excluding hydrogens is 359 g/mol. The molecule has 1 N–H and O–H groups in total. The Kier molecular flexibility index (Phi) is 5.69. The molecule has 1 unspecified atom stereocenters. The van der Waals surface area contributed by atoms with Crippen molar-refractivity contribution >= 4 is 16.9 Å². The summed E-state index contributed by atoms with van der Waals surface area (Å²) >= 11 is 0. The number of alkyl halides is 3. The van der Waals surface area contributed by atoms with Crippen LogP contribution in [0.1, 0.15) is 42.7 Å². The maximum atomic E-state index is 13.1. The molecule has 1 atom stereocenters. The van der Waals surface area contributed by atoms with Gasteiger partial charge in [0.25, 0.3) is 0 Å². The van der Waals surface area contributed by atoms with E-state index in [1.54, 1.807) is 12.3 Å². The lowest BCUT2D eigenvalue weighted by Crippen LogP contribution is -2.30. The molecule has 1 aromatic heterocycles. The molecule has 7 heteroatoms. The van der Waals surface area contributed by atoms with Crippen LogP contribution >= 0.6 is 0 Å². The molecule has 1 saturated carbocycles. The number of carbonyl (C=O) groups is 1. The third kappa shape index (κ3) is 4.24. The Hall–Kier alpha value is -2.15. The van der Waals surface area contributed by atoms with Gasteiger partial charge in [0.2, 0.25) is 0 Å². The van der Waals surface area contributed by atoms with Gasteiger partial charge in [0, 0.05) is 18.7 Å². The molecule has 146 valence electrons. The van der Waals surface area contributed by atoms with Gasteiger partial charge in [0.05, 0.1) is 23.6 Å². The van der Waals surface area contributed by atoms with E-state index >= 15 is 0 Å². The average molecular weight is 381 g/mol. The van der Waals surface area contributed by atoms with Crippen LogP contribution in [0.4, 0.5) is 13.2 Å². The Labute approximate surface area is 155 Å². The second-order valence-corrected chi connectivity index (χ2v) is 7.14. The first-order valence-corrected chi connectivity index (χ1v) is 8.99. The molecule has 1 heterocycles. The normalized spacial score (nSPS) is 21.9. The third-order valence-electron chi connectivity index (χ3n) is 5.55. The van der Waals surface area contributed by atoms with E-state index in [-0.39, 0.29) is 18.4 Å². The lowest BCUT2D eigenvalue weighted by atomic mass is 9.73. The standard InChI is InChI=1S/C20H22F3NO3/c1-27-11-17(19(25)26)13-4-2-12(3-5-13)15-8-9-24-18-7-6-14(10-16(15)18)20(21,22)23/h6-10,12-13,17H,2-5,11H2,1H3,(H,25,26)/t12-,13+,17?. The number of ether oxygens (including phenoxy) is 1. The molecule has 2 aromatic rings. The molecule has 3 rings (SSSR count). The zero-order valence-electron chi connectivity index (χ0n) is 15.0. The van der Waals surface area contributed by atoms with Crippen molar-refractivity contribution in [1.82, 2.24) is 4.98 Å². The second-order valence-electron chi connectivity index (χ2n) is 7.14. The van der Waals surface area contributed by atoms with Gasteiger partial charge in [0.15, 0.2) is 0 Å². The summed E-state index contributed by atoms with van der Waals surface area (Å²) in [4.78, 5) is 15.6. The number of aliphatic carboxylic acids is 1. The Morgan fingerprint density at radius 3 is 2.56 bits per heavy atom. The summed E-state index contributed by atoms with van der Waals surface area (Å²) < 4.78 is 44.3. The van der Waals surface area contributed by atoms with E-state index in [1.165, 1.54) is 19.2 Å². The molecule has 0 amide bonds. The van der Waals surface area contributed by atoms with Gasteiger partial charge in [-0.2, -0.15) is 13.2 Å². The number of pyridine rings is 1. The number of nitrogens with zero attached hydrogens (tertiary/aromatic N) is 1. The minimum absolute atomic E-state index is 0.0255. The summed E-state index contributed by atoms with van der Waals surface area (Å²) in [5, 5.41) is 9.92. The monoisotopic (exact) mass is 381 g/mol. The largest absolute Gasteiger partial charge is 0.481 e. The number of hydrogen-bond donors (Lipinski definition) is 1. The number of benzene rings is 1. The molecule has 0 spiro atoms. The van der Waals surface area contributed by atoms with Gasteiger partial charge in [-0.1, -0.05) is 0 Å². The van der Waals surface area contributed by atoms with Crippen LogP contribution in [0.15, 0.2) is 30.5 Å². The molecule has 0 radical (unpaired) electrons. The van der Waals surface area contributed by atoms with Crippen molar-refractivity contribution in [2.45, 2.75) is 37.8 Å². The Balaban J connectivity index is 1.83. The van der Waals surface area contributed by atoms with Crippen molar-refractivity contribution in [1.29, 1.82) is 0 Å². The minimum Gasteiger partial charge on any atom is -0.481 e. The van der Waals surface area contributed by atoms with Crippen LogP contribution in [-0.2, 0) is 15.7 Å². The smallest absolute Gasteiger partial charge is 0.416 e. The lowest BCUT2D eigenvalue weighted by Gasteiger charge is -2.32. The van der Waals surface area contributed by atoms with Gasteiger partial charge in [-0.25, -0.2) is 0 Å². The Morgan fingerprint density at radius 1 is 1.26 bits per heavy atom. The summed E-state index contributed by atoms with van der Waals surface area (Å²) in [6.07, 6.45) is 0.151. The Bertz CT molecular complexity index is 814. The van der Waals surface area contributed by atoms with Crippen LogP contribution in [-0.4, -0.2) is 29.8 Å².